The predicted molar refractivity (Wildman–Crippen MR) is 45.1 cm³/mol. The number of aliphatic hydroxyl groups is 1. The molecule has 0 bridgehead atoms. The van der Waals surface area contributed by atoms with E-state index in [9.17, 15) is 0 Å². The van der Waals surface area contributed by atoms with Gasteiger partial charge in [-0.25, -0.2) is 0 Å². The molecule has 1 N–H and O–H groups in total. The predicted octanol–water partition coefficient (Wildman–Crippen LogP) is 3.42. The van der Waals surface area contributed by atoms with Gasteiger partial charge < -0.3 is 5.11 Å². The summed E-state index contributed by atoms with van der Waals surface area (Å²) >= 11 is 0. The van der Waals surface area contributed by atoms with Crippen LogP contribution >= 0.6 is 0 Å². The number of hydrogen-bond acceptors (Lipinski definition) is 1. The number of rotatable bonds is 5. The van der Waals surface area contributed by atoms with Gasteiger partial charge in [-0.1, -0.05) is 26.2 Å². The minimum atomic E-state index is 1.05. The van der Waals surface area contributed by atoms with Crippen molar-refractivity contribution in [2.75, 3.05) is 0 Å². The van der Waals surface area contributed by atoms with Crippen molar-refractivity contribution in [3.63, 3.8) is 0 Å². The third kappa shape index (κ3) is 5.67. The molecule has 0 heterocycles. The maximum Gasteiger partial charge on any atom is 0.0780 e. The van der Waals surface area contributed by atoms with Gasteiger partial charge in [0.05, 0.1) is 6.26 Å². The molecule has 0 spiro atoms. The average Bonchev–Trinajstić information content (AvgIpc) is 1.98. The molecule has 60 valence electrons. The highest BCUT2D eigenvalue weighted by atomic mass is 16.2. The topological polar surface area (TPSA) is 20.2 Å². The standard InChI is InChI=1S/C9H18O/c1-3-4-5-6-7-9(2)8-10/h8,10H,3-7H2,1-2H3. The lowest BCUT2D eigenvalue weighted by Gasteiger charge is -1.97. The third-order valence-corrected chi connectivity index (χ3v) is 1.65. The number of hydrogen-bond donors (Lipinski definition) is 1. The summed E-state index contributed by atoms with van der Waals surface area (Å²) in [7, 11) is 0. The Bertz CT molecular complexity index is 94.9. The first-order chi connectivity index (χ1) is 4.81. The van der Waals surface area contributed by atoms with Crippen molar-refractivity contribution in [1.82, 2.24) is 0 Å². The molecule has 0 saturated heterocycles. The molecule has 10 heavy (non-hydrogen) atoms. The molecule has 0 radical (unpaired) electrons. The number of aliphatic hydroxyl groups excluding tert-OH is 1. The van der Waals surface area contributed by atoms with Gasteiger partial charge in [-0.3, -0.25) is 0 Å². The summed E-state index contributed by atoms with van der Waals surface area (Å²) in [6.45, 7) is 4.17. The minimum absolute atomic E-state index is 1.05. The highest BCUT2D eigenvalue weighted by Crippen LogP contribution is 2.08. The van der Waals surface area contributed by atoms with Gasteiger partial charge in [0, 0.05) is 0 Å². The van der Waals surface area contributed by atoms with E-state index in [0.717, 1.165) is 12.0 Å². The second-order valence-corrected chi connectivity index (χ2v) is 2.79. The molecule has 0 aliphatic carbocycles. The molecule has 0 aromatic carbocycles. The molecule has 0 saturated carbocycles. The van der Waals surface area contributed by atoms with Crippen molar-refractivity contribution < 1.29 is 5.11 Å². The van der Waals surface area contributed by atoms with Crippen LogP contribution in [0.2, 0.25) is 0 Å². The minimum Gasteiger partial charge on any atom is -0.516 e. The van der Waals surface area contributed by atoms with Crippen molar-refractivity contribution in [1.29, 1.82) is 0 Å². The molecule has 0 unspecified atom stereocenters. The zero-order chi connectivity index (χ0) is 7.82. The molecule has 0 aromatic rings. The lowest BCUT2D eigenvalue weighted by molar-refractivity contribution is 0.463. The van der Waals surface area contributed by atoms with Crippen LogP contribution in [0.25, 0.3) is 0 Å². The summed E-state index contributed by atoms with van der Waals surface area (Å²) in [5.41, 5.74) is 1.09. The fraction of sp³-hybridized carbons (Fsp3) is 0.778. The van der Waals surface area contributed by atoms with Gasteiger partial charge in [-0.05, 0) is 25.3 Å². The van der Waals surface area contributed by atoms with Gasteiger partial charge in [0.25, 0.3) is 0 Å². The van der Waals surface area contributed by atoms with Gasteiger partial charge in [0.1, 0.15) is 0 Å². The molecule has 0 aliphatic rings. The SMILES string of the molecule is CCCCCCC(C)=CO. The Labute approximate surface area is 63.8 Å². The van der Waals surface area contributed by atoms with Crippen molar-refractivity contribution in [3.8, 4) is 0 Å². The molecule has 0 amide bonds. The normalized spacial score (nSPS) is 12.0. The van der Waals surface area contributed by atoms with Crippen LogP contribution in [0.15, 0.2) is 11.8 Å². The van der Waals surface area contributed by atoms with Crippen LogP contribution in [-0.2, 0) is 0 Å². The van der Waals surface area contributed by atoms with Crippen molar-refractivity contribution in [2.45, 2.75) is 46.0 Å². The largest absolute Gasteiger partial charge is 0.516 e. The van der Waals surface area contributed by atoms with E-state index in [4.69, 9.17) is 5.11 Å². The Morgan fingerprint density at radius 2 is 2.00 bits per heavy atom. The van der Waals surface area contributed by atoms with Gasteiger partial charge >= 0.3 is 0 Å². The molecule has 1 heteroatoms. The second kappa shape index (κ2) is 6.66. The zero-order valence-corrected chi connectivity index (χ0v) is 7.06. The molecule has 0 aromatic heterocycles. The van der Waals surface area contributed by atoms with E-state index in [1.54, 1.807) is 0 Å². The first-order valence-corrected chi connectivity index (χ1v) is 4.11. The monoisotopic (exact) mass is 142 g/mol. The van der Waals surface area contributed by atoms with Crippen molar-refractivity contribution >= 4 is 0 Å². The first-order valence-electron chi connectivity index (χ1n) is 4.11. The van der Waals surface area contributed by atoms with Gasteiger partial charge in [0.15, 0.2) is 0 Å². The summed E-state index contributed by atoms with van der Waals surface area (Å²) in [6.07, 6.45) is 7.38. The quantitative estimate of drug-likeness (QED) is 0.460. The molecule has 1 nitrogen and oxygen atoms in total. The molecule has 0 rings (SSSR count). The van der Waals surface area contributed by atoms with Crippen LogP contribution in [0.5, 0.6) is 0 Å². The molecule has 0 aliphatic heterocycles. The smallest absolute Gasteiger partial charge is 0.0780 e. The van der Waals surface area contributed by atoms with Crippen molar-refractivity contribution in [3.05, 3.63) is 11.8 Å². The average molecular weight is 142 g/mol. The lowest BCUT2D eigenvalue weighted by Crippen LogP contribution is -1.79. The Hall–Kier alpha value is -0.460. The molecular formula is C9H18O. The van der Waals surface area contributed by atoms with Crippen molar-refractivity contribution in [2.24, 2.45) is 0 Å². The van der Waals surface area contributed by atoms with E-state index in [2.05, 4.69) is 6.92 Å². The summed E-state index contributed by atoms with van der Waals surface area (Å²) in [5, 5.41) is 8.53. The van der Waals surface area contributed by atoms with E-state index in [-0.39, 0.29) is 0 Å². The summed E-state index contributed by atoms with van der Waals surface area (Å²) < 4.78 is 0. The highest BCUT2D eigenvalue weighted by molar-refractivity contribution is 4.91. The van der Waals surface area contributed by atoms with Crippen LogP contribution < -0.4 is 0 Å². The fourth-order valence-electron chi connectivity index (χ4n) is 0.895. The van der Waals surface area contributed by atoms with Crippen LogP contribution in [0, 0.1) is 0 Å². The van der Waals surface area contributed by atoms with E-state index in [0.29, 0.717) is 0 Å². The Balaban J connectivity index is 3.04. The zero-order valence-electron chi connectivity index (χ0n) is 7.06. The third-order valence-electron chi connectivity index (χ3n) is 1.65. The first kappa shape index (κ1) is 9.54. The van der Waals surface area contributed by atoms with E-state index in [1.807, 2.05) is 6.92 Å². The maximum absolute atomic E-state index is 8.53. The van der Waals surface area contributed by atoms with Crippen LogP contribution in [0.4, 0.5) is 0 Å². The Morgan fingerprint density at radius 3 is 2.50 bits per heavy atom. The molecule has 0 atom stereocenters. The van der Waals surface area contributed by atoms with E-state index >= 15 is 0 Å². The molecule has 0 fully saturated rings. The summed E-state index contributed by atoms with van der Waals surface area (Å²) in [4.78, 5) is 0. The van der Waals surface area contributed by atoms with Gasteiger partial charge in [0.2, 0.25) is 0 Å². The maximum atomic E-state index is 8.53. The van der Waals surface area contributed by atoms with Gasteiger partial charge in [-0.15, -0.1) is 0 Å². The van der Waals surface area contributed by atoms with Crippen LogP contribution in [0.3, 0.4) is 0 Å². The Morgan fingerprint density at radius 1 is 1.30 bits per heavy atom. The highest BCUT2D eigenvalue weighted by Gasteiger charge is 1.89. The Kier molecular flexibility index (Phi) is 6.35. The summed E-state index contributed by atoms with van der Waals surface area (Å²) in [6, 6.07) is 0. The fourth-order valence-corrected chi connectivity index (χ4v) is 0.895. The van der Waals surface area contributed by atoms with Gasteiger partial charge in [-0.2, -0.15) is 0 Å². The lowest BCUT2D eigenvalue weighted by atomic mass is 10.1. The number of unbranched alkanes of at least 4 members (excludes halogenated alkanes) is 3. The summed E-state index contributed by atoms with van der Waals surface area (Å²) in [5.74, 6) is 0. The van der Waals surface area contributed by atoms with Crippen LogP contribution in [-0.4, -0.2) is 5.11 Å². The molecular weight excluding hydrogens is 124 g/mol. The van der Waals surface area contributed by atoms with E-state index in [1.165, 1.54) is 31.9 Å². The van der Waals surface area contributed by atoms with Crippen LogP contribution in [0.1, 0.15) is 46.0 Å². The van der Waals surface area contributed by atoms with E-state index < -0.39 is 0 Å². The second-order valence-electron chi connectivity index (χ2n) is 2.79. The number of allylic oxidation sites excluding steroid dienone is 1.